The van der Waals surface area contributed by atoms with Crippen LogP contribution >= 0.6 is 31.9 Å². The zero-order valence-electron chi connectivity index (χ0n) is 8.62. The van der Waals surface area contributed by atoms with E-state index < -0.39 is 23.3 Å². The molecule has 94 valence electrons. The van der Waals surface area contributed by atoms with E-state index in [-0.39, 0.29) is 10.2 Å². The number of aromatic carboxylic acids is 1. The molecule has 0 aliphatic carbocycles. The maximum Gasteiger partial charge on any atom is 0.352 e. The number of rotatable bonds is 2. The lowest BCUT2D eigenvalue weighted by atomic mass is 10.2. The Morgan fingerprint density at radius 3 is 2.17 bits per heavy atom. The van der Waals surface area contributed by atoms with Crippen LogP contribution < -0.4 is 0 Å². The molecule has 1 N–H and O–H groups in total. The molecule has 0 amide bonds. The number of carboxylic acids is 1. The monoisotopic (exact) mass is 379 g/mol. The van der Waals surface area contributed by atoms with Crippen molar-refractivity contribution in [3.63, 3.8) is 0 Å². The van der Waals surface area contributed by atoms with Crippen molar-refractivity contribution in [2.45, 2.75) is 0 Å². The molecule has 2 rings (SSSR count). The van der Waals surface area contributed by atoms with E-state index in [4.69, 9.17) is 5.11 Å². The maximum atomic E-state index is 13.8. The van der Waals surface area contributed by atoms with E-state index in [1.54, 1.807) is 0 Å². The summed E-state index contributed by atoms with van der Waals surface area (Å²) in [7, 11) is 0. The molecule has 1 heterocycles. The molecule has 0 aliphatic heterocycles. The smallest absolute Gasteiger partial charge is 0.352 e. The third kappa shape index (κ3) is 2.32. The first-order chi connectivity index (χ1) is 8.40. The van der Waals surface area contributed by atoms with Crippen LogP contribution in [0, 0.1) is 11.6 Å². The molecular weight excluding hydrogens is 376 g/mol. The molecule has 0 unspecified atom stereocenters. The average molecular weight is 381 g/mol. The van der Waals surface area contributed by atoms with Gasteiger partial charge in [0.1, 0.15) is 11.4 Å². The summed E-state index contributed by atoms with van der Waals surface area (Å²) in [6.07, 6.45) is 1.29. The predicted molar refractivity (Wildman–Crippen MR) is 68.0 cm³/mol. The molecule has 2 aromatic rings. The molecule has 1 aromatic carbocycles. The summed E-state index contributed by atoms with van der Waals surface area (Å²) in [4.78, 5) is 11.0. The van der Waals surface area contributed by atoms with Crippen molar-refractivity contribution in [2.75, 3.05) is 0 Å². The normalized spacial score (nSPS) is 10.7. The Labute approximate surface area is 117 Å². The summed E-state index contributed by atoms with van der Waals surface area (Å²) in [6.45, 7) is 0. The fourth-order valence-electron chi connectivity index (χ4n) is 1.54. The van der Waals surface area contributed by atoms with Gasteiger partial charge in [-0.1, -0.05) is 15.9 Å². The minimum atomic E-state index is -1.28. The van der Waals surface area contributed by atoms with Crippen molar-refractivity contribution >= 4 is 37.8 Å². The van der Waals surface area contributed by atoms with Crippen LogP contribution in [0.3, 0.4) is 0 Å². The number of carboxylic acid groups (broad SMARTS) is 1. The first kappa shape index (κ1) is 13.2. The van der Waals surface area contributed by atoms with Crippen LogP contribution in [0.25, 0.3) is 5.69 Å². The molecule has 3 nitrogen and oxygen atoms in total. The van der Waals surface area contributed by atoms with Gasteiger partial charge in [-0.15, -0.1) is 0 Å². The number of hydrogen-bond donors (Lipinski definition) is 1. The van der Waals surface area contributed by atoms with Gasteiger partial charge < -0.3 is 9.67 Å². The number of nitrogens with zero attached hydrogens (tertiary/aromatic N) is 1. The minimum Gasteiger partial charge on any atom is -0.477 e. The van der Waals surface area contributed by atoms with E-state index in [0.717, 1.165) is 16.7 Å². The van der Waals surface area contributed by atoms with Gasteiger partial charge in [-0.25, -0.2) is 13.6 Å². The van der Waals surface area contributed by atoms with Crippen LogP contribution in [0.2, 0.25) is 0 Å². The summed E-state index contributed by atoms with van der Waals surface area (Å²) < 4.78 is 29.1. The molecule has 0 radical (unpaired) electrons. The van der Waals surface area contributed by atoms with Gasteiger partial charge in [-0.2, -0.15) is 0 Å². The number of carbonyl (C=O) groups is 1. The Kier molecular flexibility index (Phi) is 3.54. The van der Waals surface area contributed by atoms with Crippen molar-refractivity contribution in [1.29, 1.82) is 0 Å². The van der Waals surface area contributed by atoms with Crippen LogP contribution in [0.1, 0.15) is 10.5 Å². The van der Waals surface area contributed by atoms with Crippen molar-refractivity contribution in [1.82, 2.24) is 4.57 Å². The fourth-order valence-corrected chi connectivity index (χ4v) is 2.37. The Balaban J connectivity index is 2.73. The quantitative estimate of drug-likeness (QED) is 0.856. The summed E-state index contributed by atoms with van der Waals surface area (Å²) in [6, 6.07) is 3.40. The Hall–Kier alpha value is -1.21. The second kappa shape index (κ2) is 4.81. The highest BCUT2D eigenvalue weighted by Crippen LogP contribution is 2.26. The van der Waals surface area contributed by atoms with Gasteiger partial charge in [0.15, 0.2) is 11.6 Å². The molecule has 0 bridgehead atoms. The van der Waals surface area contributed by atoms with E-state index in [2.05, 4.69) is 31.9 Å². The molecule has 18 heavy (non-hydrogen) atoms. The minimum absolute atomic E-state index is 0.234. The zero-order chi connectivity index (χ0) is 13.4. The number of aromatic nitrogens is 1. The van der Waals surface area contributed by atoms with Crippen LogP contribution in [0.5, 0.6) is 0 Å². The van der Waals surface area contributed by atoms with Crippen molar-refractivity contribution in [2.24, 2.45) is 0 Å². The van der Waals surface area contributed by atoms with Gasteiger partial charge in [0.05, 0.1) is 0 Å². The Morgan fingerprint density at radius 1 is 1.11 bits per heavy atom. The van der Waals surface area contributed by atoms with E-state index >= 15 is 0 Å². The standard InChI is InChI=1S/C11H5Br2F2NO2/c12-5-1-7(14)10(8(15)2-5)16-4-6(13)3-9(16)11(17)18/h1-4H,(H,17,18). The van der Waals surface area contributed by atoms with Gasteiger partial charge >= 0.3 is 5.97 Å². The van der Waals surface area contributed by atoms with Crippen LogP contribution in [0.15, 0.2) is 33.3 Å². The summed E-state index contributed by atoms with van der Waals surface area (Å²) >= 11 is 6.03. The summed E-state index contributed by atoms with van der Waals surface area (Å²) in [5, 5.41) is 8.98. The third-order valence-corrected chi connectivity index (χ3v) is 3.12. The maximum absolute atomic E-state index is 13.8. The molecule has 0 saturated heterocycles. The van der Waals surface area contributed by atoms with Gasteiger partial charge in [0.25, 0.3) is 0 Å². The molecule has 0 spiro atoms. The van der Waals surface area contributed by atoms with Crippen LogP contribution in [-0.4, -0.2) is 15.6 Å². The lowest BCUT2D eigenvalue weighted by Gasteiger charge is -2.09. The highest BCUT2D eigenvalue weighted by atomic mass is 79.9. The van der Waals surface area contributed by atoms with E-state index in [1.165, 1.54) is 12.3 Å². The lowest BCUT2D eigenvalue weighted by molar-refractivity contribution is 0.0688. The fraction of sp³-hybridized carbons (Fsp3) is 0. The Bertz CT molecular complexity index is 617. The summed E-state index contributed by atoms with van der Waals surface area (Å²) in [5.41, 5.74) is -0.664. The third-order valence-electron chi connectivity index (χ3n) is 2.23. The van der Waals surface area contributed by atoms with Crippen LogP contribution in [-0.2, 0) is 0 Å². The number of hydrogen-bond acceptors (Lipinski definition) is 1. The van der Waals surface area contributed by atoms with Crippen molar-refractivity contribution in [3.05, 3.63) is 50.7 Å². The first-order valence-electron chi connectivity index (χ1n) is 4.66. The predicted octanol–water partition coefficient (Wildman–Crippen LogP) is 3.98. The van der Waals surface area contributed by atoms with Gasteiger partial charge in [-0.05, 0) is 34.1 Å². The van der Waals surface area contributed by atoms with E-state index in [1.807, 2.05) is 0 Å². The van der Waals surface area contributed by atoms with E-state index in [9.17, 15) is 13.6 Å². The SMILES string of the molecule is O=C(O)c1cc(Br)cn1-c1c(F)cc(Br)cc1F. The summed E-state index contributed by atoms with van der Waals surface area (Å²) in [5.74, 6) is -2.98. The van der Waals surface area contributed by atoms with Crippen molar-refractivity contribution < 1.29 is 18.7 Å². The van der Waals surface area contributed by atoms with Crippen LogP contribution in [0.4, 0.5) is 8.78 Å². The van der Waals surface area contributed by atoms with Gasteiger partial charge in [0, 0.05) is 15.1 Å². The molecular formula is C11H5Br2F2NO2. The molecule has 1 aromatic heterocycles. The second-order valence-electron chi connectivity index (χ2n) is 3.44. The molecule has 0 saturated carbocycles. The highest BCUT2D eigenvalue weighted by molar-refractivity contribution is 9.10. The second-order valence-corrected chi connectivity index (χ2v) is 5.27. The topological polar surface area (TPSA) is 42.2 Å². The average Bonchev–Trinajstić information content (AvgIpc) is 2.58. The number of halogens is 4. The van der Waals surface area contributed by atoms with Gasteiger partial charge in [0.2, 0.25) is 0 Å². The largest absolute Gasteiger partial charge is 0.477 e. The highest BCUT2D eigenvalue weighted by Gasteiger charge is 2.19. The molecule has 0 aliphatic rings. The van der Waals surface area contributed by atoms with Crippen molar-refractivity contribution in [3.8, 4) is 5.69 Å². The zero-order valence-corrected chi connectivity index (χ0v) is 11.8. The van der Waals surface area contributed by atoms with E-state index in [0.29, 0.717) is 4.47 Å². The Morgan fingerprint density at radius 2 is 1.67 bits per heavy atom. The molecule has 0 fully saturated rings. The molecule has 0 atom stereocenters. The first-order valence-corrected chi connectivity index (χ1v) is 6.25. The number of benzene rings is 1. The molecule has 7 heteroatoms. The lowest BCUT2D eigenvalue weighted by Crippen LogP contribution is -2.09. The van der Waals surface area contributed by atoms with Gasteiger partial charge in [-0.3, -0.25) is 0 Å².